The number of carbonyl (C=O) groups excluding carboxylic acids is 4. The first-order chi connectivity index (χ1) is 17.4. The molecule has 36 heavy (non-hydrogen) atoms. The summed E-state index contributed by atoms with van der Waals surface area (Å²) in [7, 11) is 2.78. The predicted molar refractivity (Wildman–Crippen MR) is 131 cm³/mol. The lowest BCUT2D eigenvalue weighted by molar-refractivity contribution is -0.131. The summed E-state index contributed by atoms with van der Waals surface area (Å²) in [5.41, 5.74) is 1.22. The van der Waals surface area contributed by atoms with Gasteiger partial charge in [-0.3, -0.25) is 14.4 Å². The van der Waals surface area contributed by atoms with Crippen molar-refractivity contribution in [2.45, 2.75) is 0 Å². The number of rotatable bonds is 6. The Bertz CT molecular complexity index is 1320. The van der Waals surface area contributed by atoms with E-state index in [1.807, 2.05) is 18.2 Å². The van der Waals surface area contributed by atoms with Crippen LogP contribution in [0.15, 0.2) is 54.6 Å². The molecule has 1 saturated heterocycles. The molecule has 2 aromatic carbocycles. The fraction of sp³-hybridized carbons (Fsp3) is 0.269. The van der Waals surface area contributed by atoms with Gasteiger partial charge in [0.15, 0.2) is 0 Å². The summed E-state index contributed by atoms with van der Waals surface area (Å²) in [6, 6.07) is 15.3. The molecular weight excluding hydrogens is 464 g/mol. The summed E-state index contributed by atoms with van der Waals surface area (Å²) in [5, 5.41) is 3.40. The largest absolute Gasteiger partial charge is 0.496 e. The van der Waals surface area contributed by atoms with Crippen molar-refractivity contribution in [1.29, 1.82) is 0 Å². The van der Waals surface area contributed by atoms with E-state index in [0.29, 0.717) is 37.4 Å². The lowest BCUT2D eigenvalue weighted by Gasteiger charge is -2.35. The number of amides is 3. The predicted octanol–water partition coefficient (Wildman–Crippen LogP) is 1.74. The number of fused-ring (bicyclic) bond motifs is 1. The molecule has 3 amide bonds. The van der Waals surface area contributed by atoms with Crippen LogP contribution in [-0.4, -0.2) is 85.4 Å². The van der Waals surface area contributed by atoms with E-state index in [0.717, 1.165) is 5.39 Å². The number of aromatic nitrogens is 1. The van der Waals surface area contributed by atoms with Gasteiger partial charge in [-0.25, -0.2) is 9.78 Å². The van der Waals surface area contributed by atoms with Gasteiger partial charge in [0.1, 0.15) is 11.4 Å². The van der Waals surface area contributed by atoms with Gasteiger partial charge in [-0.15, -0.1) is 0 Å². The molecule has 10 nitrogen and oxygen atoms in total. The van der Waals surface area contributed by atoms with Gasteiger partial charge < -0.3 is 24.6 Å². The van der Waals surface area contributed by atoms with Gasteiger partial charge in [-0.1, -0.05) is 24.3 Å². The zero-order valence-corrected chi connectivity index (χ0v) is 20.0. The Morgan fingerprint density at radius 1 is 0.889 bits per heavy atom. The zero-order chi connectivity index (χ0) is 25.7. The molecule has 0 unspecified atom stereocenters. The summed E-state index contributed by atoms with van der Waals surface area (Å²) in [5.74, 6) is -1.11. The number of piperazine rings is 1. The molecule has 0 radical (unpaired) electrons. The number of methoxy groups -OCH3 is 2. The molecule has 10 heteroatoms. The van der Waals surface area contributed by atoms with Crippen LogP contribution in [0.2, 0.25) is 0 Å². The molecule has 1 aromatic heterocycles. The third-order valence-electron chi connectivity index (χ3n) is 6.01. The van der Waals surface area contributed by atoms with Crippen molar-refractivity contribution in [3.8, 4) is 5.75 Å². The number of nitrogens with zero attached hydrogens (tertiary/aromatic N) is 3. The molecular formula is C26H26N4O6. The topological polar surface area (TPSA) is 118 Å². The maximum absolute atomic E-state index is 13.0. The van der Waals surface area contributed by atoms with Crippen molar-refractivity contribution < 1.29 is 28.7 Å². The summed E-state index contributed by atoms with van der Waals surface area (Å²) in [6.07, 6.45) is 0. The van der Waals surface area contributed by atoms with Crippen LogP contribution in [0.3, 0.4) is 0 Å². The molecule has 1 aliphatic rings. The van der Waals surface area contributed by atoms with E-state index in [1.54, 1.807) is 46.2 Å². The third kappa shape index (κ3) is 5.12. The summed E-state index contributed by atoms with van der Waals surface area (Å²) in [6.45, 7) is 1.02. The maximum atomic E-state index is 13.0. The molecule has 4 rings (SSSR count). The Morgan fingerprint density at radius 3 is 2.22 bits per heavy atom. The quantitative estimate of drug-likeness (QED) is 0.523. The Labute approximate surface area is 207 Å². The van der Waals surface area contributed by atoms with Crippen LogP contribution < -0.4 is 10.1 Å². The second-order valence-corrected chi connectivity index (χ2v) is 8.12. The normalized spacial score (nSPS) is 13.3. The van der Waals surface area contributed by atoms with Crippen LogP contribution >= 0.6 is 0 Å². The van der Waals surface area contributed by atoms with Crippen LogP contribution in [0.4, 0.5) is 0 Å². The van der Waals surface area contributed by atoms with Crippen molar-refractivity contribution in [2.24, 2.45) is 0 Å². The summed E-state index contributed by atoms with van der Waals surface area (Å²) >= 11 is 0. The Morgan fingerprint density at radius 2 is 1.53 bits per heavy atom. The number of ether oxygens (including phenoxy) is 2. The number of hydrogen-bond donors (Lipinski definition) is 1. The van der Waals surface area contributed by atoms with E-state index < -0.39 is 11.9 Å². The van der Waals surface area contributed by atoms with Crippen LogP contribution in [-0.2, 0) is 9.53 Å². The monoisotopic (exact) mass is 490 g/mol. The van der Waals surface area contributed by atoms with E-state index in [9.17, 15) is 19.2 Å². The fourth-order valence-corrected chi connectivity index (χ4v) is 4.07. The second-order valence-electron chi connectivity index (χ2n) is 8.12. The van der Waals surface area contributed by atoms with Crippen molar-refractivity contribution >= 4 is 34.6 Å². The minimum absolute atomic E-state index is 0.151. The number of benzene rings is 2. The van der Waals surface area contributed by atoms with E-state index in [-0.39, 0.29) is 35.2 Å². The summed E-state index contributed by atoms with van der Waals surface area (Å²) in [4.78, 5) is 57.9. The smallest absolute Gasteiger partial charge is 0.338 e. The van der Waals surface area contributed by atoms with Gasteiger partial charge >= 0.3 is 5.97 Å². The minimum atomic E-state index is -0.581. The number of esters is 1. The Balaban J connectivity index is 1.34. The van der Waals surface area contributed by atoms with Crippen LogP contribution in [0.1, 0.15) is 31.2 Å². The van der Waals surface area contributed by atoms with Crippen LogP contribution in [0.5, 0.6) is 5.75 Å². The van der Waals surface area contributed by atoms with Gasteiger partial charge in [-0.2, -0.15) is 0 Å². The molecule has 0 bridgehead atoms. The lowest BCUT2D eigenvalue weighted by atomic mass is 10.1. The number of pyridine rings is 1. The second kappa shape index (κ2) is 10.9. The van der Waals surface area contributed by atoms with Gasteiger partial charge in [0, 0.05) is 37.6 Å². The average Bonchev–Trinajstić information content (AvgIpc) is 2.94. The SMILES string of the molecule is COC(=O)c1ccccc1C(=O)N1CCN(C(=O)CNC(=O)c2cc(OC)c3ccccc3n2)CC1. The molecule has 1 fully saturated rings. The highest BCUT2D eigenvalue weighted by Gasteiger charge is 2.27. The van der Waals surface area contributed by atoms with E-state index >= 15 is 0 Å². The van der Waals surface area contributed by atoms with Crippen molar-refractivity contribution in [3.05, 3.63) is 71.4 Å². The van der Waals surface area contributed by atoms with Gasteiger partial charge in [0.05, 0.1) is 37.4 Å². The standard InChI is InChI=1S/C26H26N4O6/c1-35-22-15-21(28-20-10-6-5-9-19(20)22)24(32)27-16-23(31)29-11-13-30(14-12-29)25(33)17-7-3-4-8-18(17)26(34)36-2/h3-10,15H,11-14,16H2,1-2H3,(H,27,32). The Kier molecular flexibility index (Phi) is 7.43. The molecule has 0 aliphatic carbocycles. The van der Waals surface area contributed by atoms with Crippen molar-refractivity contribution in [1.82, 2.24) is 20.1 Å². The highest BCUT2D eigenvalue weighted by atomic mass is 16.5. The molecule has 1 aliphatic heterocycles. The highest BCUT2D eigenvalue weighted by molar-refractivity contribution is 6.05. The molecule has 3 aromatic rings. The number of hydrogen-bond acceptors (Lipinski definition) is 7. The number of nitrogens with one attached hydrogen (secondary N) is 1. The average molecular weight is 491 g/mol. The van der Waals surface area contributed by atoms with E-state index in [1.165, 1.54) is 14.2 Å². The summed E-state index contributed by atoms with van der Waals surface area (Å²) < 4.78 is 10.1. The molecule has 0 atom stereocenters. The zero-order valence-electron chi connectivity index (χ0n) is 20.0. The van der Waals surface area contributed by atoms with E-state index in [2.05, 4.69) is 10.3 Å². The minimum Gasteiger partial charge on any atom is -0.496 e. The molecule has 2 heterocycles. The van der Waals surface area contributed by atoms with Gasteiger partial charge in [-0.05, 0) is 24.3 Å². The molecule has 0 saturated carbocycles. The van der Waals surface area contributed by atoms with Crippen molar-refractivity contribution in [3.63, 3.8) is 0 Å². The first-order valence-electron chi connectivity index (χ1n) is 11.4. The molecule has 186 valence electrons. The van der Waals surface area contributed by atoms with Gasteiger partial charge in [0.25, 0.3) is 11.8 Å². The molecule has 0 spiro atoms. The Hall–Kier alpha value is -4.47. The van der Waals surface area contributed by atoms with E-state index in [4.69, 9.17) is 9.47 Å². The number of para-hydroxylation sites is 1. The maximum Gasteiger partial charge on any atom is 0.338 e. The number of carbonyl (C=O) groups is 4. The van der Waals surface area contributed by atoms with Gasteiger partial charge in [0.2, 0.25) is 5.91 Å². The fourth-order valence-electron chi connectivity index (χ4n) is 4.07. The highest BCUT2D eigenvalue weighted by Crippen LogP contribution is 2.25. The first-order valence-corrected chi connectivity index (χ1v) is 11.4. The first kappa shape index (κ1) is 24.6. The van der Waals surface area contributed by atoms with Crippen LogP contribution in [0, 0.1) is 0 Å². The molecule has 1 N–H and O–H groups in total. The lowest BCUT2D eigenvalue weighted by Crippen LogP contribution is -2.52. The third-order valence-corrected chi connectivity index (χ3v) is 6.01. The van der Waals surface area contributed by atoms with Crippen molar-refractivity contribution in [2.75, 3.05) is 46.9 Å². The van der Waals surface area contributed by atoms with Crippen LogP contribution in [0.25, 0.3) is 10.9 Å².